The highest BCUT2D eigenvalue weighted by molar-refractivity contribution is 6.31. The molecule has 0 radical (unpaired) electrons. The van der Waals surface area contributed by atoms with Gasteiger partial charge >= 0.3 is 0 Å². The molecule has 1 unspecified atom stereocenters. The average Bonchev–Trinajstić information content (AvgIpc) is 3.00. The highest BCUT2D eigenvalue weighted by atomic mass is 35.5. The summed E-state index contributed by atoms with van der Waals surface area (Å²) in [4.78, 5) is 0. The van der Waals surface area contributed by atoms with E-state index in [1.807, 2.05) is 11.7 Å². The molecular formula is C14H24ClN3. The number of nitrogens with one attached hydrogen (secondary N) is 1. The largest absolute Gasteiger partial charge is 0.311 e. The van der Waals surface area contributed by atoms with E-state index in [4.69, 9.17) is 11.6 Å². The number of rotatable bonds is 5. The van der Waals surface area contributed by atoms with Gasteiger partial charge in [-0.3, -0.25) is 4.68 Å². The summed E-state index contributed by atoms with van der Waals surface area (Å²) in [5.41, 5.74) is 1.52. The van der Waals surface area contributed by atoms with Crippen LogP contribution < -0.4 is 5.32 Å². The van der Waals surface area contributed by atoms with Crippen molar-refractivity contribution in [3.63, 3.8) is 0 Å². The van der Waals surface area contributed by atoms with E-state index in [0.29, 0.717) is 11.5 Å². The maximum atomic E-state index is 6.37. The van der Waals surface area contributed by atoms with Crippen molar-refractivity contribution >= 4 is 11.6 Å². The Hall–Kier alpha value is -0.540. The Kier molecular flexibility index (Phi) is 4.33. The predicted octanol–water partition coefficient (Wildman–Crippen LogP) is 3.79. The van der Waals surface area contributed by atoms with Gasteiger partial charge in [-0.05, 0) is 38.6 Å². The highest BCUT2D eigenvalue weighted by Gasteiger charge is 2.42. The molecule has 2 rings (SSSR count). The molecule has 1 aromatic heterocycles. The van der Waals surface area contributed by atoms with Gasteiger partial charge in [0.15, 0.2) is 0 Å². The number of hydrogen-bond acceptors (Lipinski definition) is 2. The van der Waals surface area contributed by atoms with E-state index in [1.54, 1.807) is 6.20 Å². The van der Waals surface area contributed by atoms with Crippen LogP contribution in [0.5, 0.6) is 0 Å². The van der Waals surface area contributed by atoms with Gasteiger partial charge in [0.1, 0.15) is 0 Å². The lowest BCUT2D eigenvalue weighted by atomic mass is 9.75. The summed E-state index contributed by atoms with van der Waals surface area (Å²) in [6.45, 7) is 5.29. The quantitative estimate of drug-likeness (QED) is 0.881. The molecule has 1 aliphatic rings. The van der Waals surface area contributed by atoms with E-state index in [9.17, 15) is 0 Å². The summed E-state index contributed by atoms with van der Waals surface area (Å²) in [5.74, 6) is 0. The molecule has 1 fully saturated rings. The molecule has 0 bridgehead atoms. The van der Waals surface area contributed by atoms with E-state index in [0.717, 1.165) is 11.6 Å². The SMILES string of the molecule is CCn1ncc(Cl)c1C(NC)C1(CC)CCCC1. The number of halogens is 1. The minimum Gasteiger partial charge on any atom is -0.311 e. The van der Waals surface area contributed by atoms with Gasteiger partial charge in [0.25, 0.3) is 0 Å². The van der Waals surface area contributed by atoms with Crippen LogP contribution in [0.4, 0.5) is 0 Å². The van der Waals surface area contributed by atoms with Crippen LogP contribution in [0.15, 0.2) is 6.20 Å². The second-order valence-corrected chi connectivity index (χ2v) is 5.75. The molecule has 1 saturated carbocycles. The van der Waals surface area contributed by atoms with Crippen LogP contribution in [-0.4, -0.2) is 16.8 Å². The number of hydrogen-bond donors (Lipinski definition) is 1. The Morgan fingerprint density at radius 2 is 2.11 bits per heavy atom. The highest BCUT2D eigenvalue weighted by Crippen LogP contribution is 2.50. The van der Waals surface area contributed by atoms with Gasteiger partial charge < -0.3 is 5.32 Å². The Morgan fingerprint density at radius 3 is 2.61 bits per heavy atom. The van der Waals surface area contributed by atoms with Crippen molar-refractivity contribution in [3.8, 4) is 0 Å². The molecule has 1 atom stereocenters. The summed E-state index contributed by atoms with van der Waals surface area (Å²) in [7, 11) is 2.05. The molecule has 0 spiro atoms. The fourth-order valence-electron chi connectivity index (χ4n) is 3.57. The van der Waals surface area contributed by atoms with Gasteiger partial charge in [0.2, 0.25) is 0 Å². The summed E-state index contributed by atoms with van der Waals surface area (Å²) in [6, 6.07) is 0.319. The number of aromatic nitrogens is 2. The standard InChI is InChI=1S/C14H24ClN3/c1-4-14(8-6-7-9-14)13(16-3)12-11(15)10-17-18(12)5-2/h10,13,16H,4-9H2,1-3H3. The first-order valence-electron chi connectivity index (χ1n) is 7.07. The average molecular weight is 270 g/mol. The maximum Gasteiger partial charge on any atom is 0.0834 e. The van der Waals surface area contributed by atoms with Crippen molar-refractivity contribution < 1.29 is 0 Å². The van der Waals surface area contributed by atoms with Gasteiger partial charge in [-0.15, -0.1) is 0 Å². The second kappa shape index (κ2) is 5.62. The smallest absolute Gasteiger partial charge is 0.0834 e. The van der Waals surface area contributed by atoms with Crippen LogP contribution in [0.2, 0.25) is 5.02 Å². The number of aryl methyl sites for hydroxylation is 1. The Balaban J connectivity index is 2.40. The van der Waals surface area contributed by atoms with Crippen molar-refractivity contribution in [2.45, 2.75) is 58.5 Å². The van der Waals surface area contributed by atoms with Crippen LogP contribution >= 0.6 is 11.6 Å². The second-order valence-electron chi connectivity index (χ2n) is 5.34. The summed E-state index contributed by atoms with van der Waals surface area (Å²) in [6.07, 6.45) is 8.24. The van der Waals surface area contributed by atoms with E-state index < -0.39 is 0 Å². The third-order valence-electron chi connectivity index (χ3n) is 4.61. The normalized spacial score (nSPS) is 20.2. The third-order valence-corrected chi connectivity index (χ3v) is 4.90. The van der Waals surface area contributed by atoms with Crippen molar-refractivity contribution in [2.75, 3.05) is 7.05 Å². The predicted molar refractivity (Wildman–Crippen MR) is 75.9 cm³/mol. The first-order valence-corrected chi connectivity index (χ1v) is 7.44. The zero-order chi connectivity index (χ0) is 13.2. The van der Waals surface area contributed by atoms with Crippen LogP contribution in [0, 0.1) is 5.41 Å². The minimum absolute atomic E-state index is 0.319. The molecule has 1 aromatic rings. The zero-order valence-corrected chi connectivity index (χ0v) is 12.4. The fraction of sp³-hybridized carbons (Fsp3) is 0.786. The Morgan fingerprint density at radius 1 is 1.44 bits per heavy atom. The fourth-order valence-corrected chi connectivity index (χ4v) is 3.82. The number of nitrogens with zero attached hydrogens (tertiary/aromatic N) is 2. The Labute approximate surface area is 115 Å². The van der Waals surface area contributed by atoms with Gasteiger partial charge in [0.05, 0.1) is 23.0 Å². The molecule has 3 nitrogen and oxygen atoms in total. The van der Waals surface area contributed by atoms with E-state index in [-0.39, 0.29) is 0 Å². The van der Waals surface area contributed by atoms with Crippen LogP contribution in [-0.2, 0) is 6.54 Å². The van der Waals surface area contributed by atoms with Crippen LogP contribution in [0.3, 0.4) is 0 Å². The third kappa shape index (κ3) is 2.19. The molecule has 18 heavy (non-hydrogen) atoms. The van der Waals surface area contributed by atoms with Gasteiger partial charge in [-0.2, -0.15) is 5.10 Å². The molecule has 0 aliphatic heterocycles. The first-order chi connectivity index (χ1) is 8.68. The lowest BCUT2D eigenvalue weighted by molar-refractivity contribution is 0.186. The topological polar surface area (TPSA) is 29.9 Å². The van der Waals surface area contributed by atoms with Gasteiger partial charge in [0, 0.05) is 6.54 Å². The molecular weight excluding hydrogens is 246 g/mol. The van der Waals surface area contributed by atoms with Crippen LogP contribution in [0.1, 0.15) is 57.7 Å². The van der Waals surface area contributed by atoms with Gasteiger partial charge in [-0.25, -0.2) is 0 Å². The lowest BCUT2D eigenvalue weighted by Crippen LogP contribution is -2.36. The molecule has 0 amide bonds. The summed E-state index contributed by atoms with van der Waals surface area (Å²) in [5, 5.41) is 8.69. The Bertz CT molecular complexity index is 394. The van der Waals surface area contributed by atoms with E-state index >= 15 is 0 Å². The maximum absolute atomic E-state index is 6.37. The summed E-state index contributed by atoms with van der Waals surface area (Å²) >= 11 is 6.37. The molecule has 1 aliphatic carbocycles. The van der Waals surface area contributed by atoms with Crippen molar-refractivity contribution in [1.29, 1.82) is 0 Å². The molecule has 1 heterocycles. The first kappa shape index (κ1) is 13.9. The molecule has 0 aromatic carbocycles. The minimum atomic E-state index is 0.319. The zero-order valence-electron chi connectivity index (χ0n) is 11.7. The van der Waals surface area contributed by atoms with Crippen LogP contribution in [0.25, 0.3) is 0 Å². The molecule has 0 saturated heterocycles. The molecule has 102 valence electrons. The monoisotopic (exact) mass is 269 g/mol. The molecule has 4 heteroatoms. The van der Waals surface area contributed by atoms with Crippen molar-refractivity contribution in [3.05, 3.63) is 16.9 Å². The lowest BCUT2D eigenvalue weighted by Gasteiger charge is -2.37. The summed E-state index contributed by atoms with van der Waals surface area (Å²) < 4.78 is 2.04. The van der Waals surface area contributed by atoms with Crippen molar-refractivity contribution in [1.82, 2.24) is 15.1 Å². The molecule has 1 N–H and O–H groups in total. The van der Waals surface area contributed by atoms with E-state index in [2.05, 4.69) is 24.3 Å². The van der Waals surface area contributed by atoms with E-state index in [1.165, 1.54) is 37.8 Å². The van der Waals surface area contributed by atoms with Gasteiger partial charge in [-0.1, -0.05) is 31.4 Å². The van der Waals surface area contributed by atoms with Crippen molar-refractivity contribution in [2.24, 2.45) is 5.41 Å².